The van der Waals surface area contributed by atoms with Crippen molar-refractivity contribution >= 4 is 16.0 Å². The number of hydrogen-bond acceptors (Lipinski definition) is 4. The molecule has 1 heterocycles. The maximum atomic E-state index is 11.8. The zero-order valence-electron chi connectivity index (χ0n) is 9.42. The summed E-state index contributed by atoms with van der Waals surface area (Å²) < 4.78 is 30.2. The Balaban J connectivity index is 2.67. The van der Waals surface area contributed by atoms with Crippen molar-refractivity contribution in [2.45, 2.75) is 31.6 Å². The van der Waals surface area contributed by atoms with Crippen molar-refractivity contribution in [1.82, 2.24) is 4.31 Å². The molecule has 6 nitrogen and oxygen atoms in total. The third-order valence-electron chi connectivity index (χ3n) is 2.46. The maximum Gasteiger partial charge on any atom is 0.306 e. The van der Waals surface area contributed by atoms with E-state index in [9.17, 15) is 13.2 Å². The van der Waals surface area contributed by atoms with E-state index in [4.69, 9.17) is 9.84 Å². The standard InChI is InChI=1S/C9H17NO5S/c1-7(2)16(13,14)10-3-4-15-8(6-10)5-9(11)12/h7-8H,3-6H2,1-2H3,(H,11,12). The SMILES string of the molecule is CC(C)S(=O)(=O)N1CCOC(CC(=O)O)C1. The fourth-order valence-electron chi connectivity index (χ4n) is 1.54. The molecule has 1 atom stereocenters. The average molecular weight is 251 g/mol. The summed E-state index contributed by atoms with van der Waals surface area (Å²) in [5.41, 5.74) is 0. The van der Waals surface area contributed by atoms with Gasteiger partial charge >= 0.3 is 5.97 Å². The predicted molar refractivity (Wildman–Crippen MR) is 57.6 cm³/mol. The van der Waals surface area contributed by atoms with Crippen LogP contribution in [-0.4, -0.2) is 54.8 Å². The molecular formula is C9H17NO5S. The second-order valence-electron chi connectivity index (χ2n) is 4.04. The molecule has 7 heteroatoms. The second kappa shape index (κ2) is 5.11. The smallest absolute Gasteiger partial charge is 0.306 e. The van der Waals surface area contributed by atoms with Crippen molar-refractivity contribution in [2.24, 2.45) is 0 Å². The molecule has 94 valence electrons. The van der Waals surface area contributed by atoms with Gasteiger partial charge in [-0.05, 0) is 13.8 Å². The first-order valence-electron chi connectivity index (χ1n) is 5.16. The van der Waals surface area contributed by atoms with Crippen molar-refractivity contribution in [3.63, 3.8) is 0 Å². The first kappa shape index (κ1) is 13.4. The molecule has 1 saturated heterocycles. The van der Waals surface area contributed by atoms with Crippen LogP contribution in [0.5, 0.6) is 0 Å². The van der Waals surface area contributed by atoms with Crippen LogP contribution in [0.1, 0.15) is 20.3 Å². The number of ether oxygens (including phenoxy) is 1. The molecule has 0 aromatic rings. The van der Waals surface area contributed by atoms with Crippen LogP contribution in [0.25, 0.3) is 0 Å². The van der Waals surface area contributed by atoms with Gasteiger partial charge in [0.2, 0.25) is 10.0 Å². The molecule has 1 fully saturated rings. The van der Waals surface area contributed by atoms with Crippen molar-refractivity contribution in [3.8, 4) is 0 Å². The lowest BCUT2D eigenvalue weighted by Crippen LogP contribution is -2.48. The predicted octanol–water partition coefficient (Wildman–Crippen LogP) is -0.0999. The van der Waals surface area contributed by atoms with Crippen LogP contribution in [0, 0.1) is 0 Å². The van der Waals surface area contributed by atoms with Gasteiger partial charge in [0.05, 0.1) is 24.4 Å². The average Bonchev–Trinajstić information content (AvgIpc) is 2.16. The molecule has 1 aliphatic rings. The lowest BCUT2D eigenvalue weighted by Gasteiger charge is -2.32. The molecule has 1 unspecified atom stereocenters. The van der Waals surface area contributed by atoms with E-state index in [1.807, 2.05) is 0 Å². The van der Waals surface area contributed by atoms with Crippen molar-refractivity contribution in [3.05, 3.63) is 0 Å². The fraction of sp³-hybridized carbons (Fsp3) is 0.889. The zero-order valence-corrected chi connectivity index (χ0v) is 10.2. The van der Waals surface area contributed by atoms with Crippen LogP contribution in [0.2, 0.25) is 0 Å². The van der Waals surface area contributed by atoms with Crippen molar-refractivity contribution < 1.29 is 23.1 Å². The molecule has 0 bridgehead atoms. The summed E-state index contributed by atoms with van der Waals surface area (Å²) in [6.45, 7) is 3.90. The summed E-state index contributed by atoms with van der Waals surface area (Å²) in [6, 6.07) is 0. The molecule has 1 rings (SSSR count). The molecule has 1 N–H and O–H groups in total. The van der Waals surface area contributed by atoms with Gasteiger partial charge in [-0.3, -0.25) is 4.79 Å². The maximum absolute atomic E-state index is 11.8. The Morgan fingerprint density at radius 3 is 2.69 bits per heavy atom. The summed E-state index contributed by atoms with van der Waals surface area (Å²) in [5, 5.41) is 8.13. The van der Waals surface area contributed by atoms with E-state index in [0.717, 1.165) is 0 Å². The van der Waals surface area contributed by atoms with Gasteiger partial charge in [0.15, 0.2) is 0 Å². The van der Waals surface area contributed by atoms with Crippen LogP contribution < -0.4 is 0 Å². The van der Waals surface area contributed by atoms with Crippen LogP contribution in [0.15, 0.2) is 0 Å². The van der Waals surface area contributed by atoms with E-state index < -0.39 is 27.3 Å². The van der Waals surface area contributed by atoms with E-state index in [1.54, 1.807) is 13.8 Å². The molecule has 16 heavy (non-hydrogen) atoms. The zero-order chi connectivity index (χ0) is 12.3. The minimum absolute atomic E-state index is 0.132. The van der Waals surface area contributed by atoms with E-state index in [2.05, 4.69) is 0 Å². The Kier molecular flexibility index (Phi) is 4.28. The minimum atomic E-state index is -3.31. The molecule has 0 amide bonds. The molecule has 0 aromatic carbocycles. The van der Waals surface area contributed by atoms with Gasteiger partial charge in [-0.25, -0.2) is 8.42 Å². The lowest BCUT2D eigenvalue weighted by atomic mass is 10.2. The molecule has 0 aromatic heterocycles. The number of carbonyl (C=O) groups is 1. The number of hydrogen-bond donors (Lipinski definition) is 1. The topological polar surface area (TPSA) is 83.9 Å². The Morgan fingerprint density at radius 2 is 2.19 bits per heavy atom. The van der Waals surface area contributed by atoms with Gasteiger partial charge in [0, 0.05) is 13.1 Å². The molecule has 0 spiro atoms. The molecule has 0 saturated carbocycles. The second-order valence-corrected chi connectivity index (χ2v) is 6.53. The molecular weight excluding hydrogens is 234 g/mol. The molecule has 1 aliphatic heterocycles. The third kappa shape index (κ3) is 3.16. The van der Waals surface area contributed by atoms with Crippen LogP contribution in [0.3, 0.4) is 0 Å². The van der Waals surface area contributed by atoms with Gasteiger partial charge in [-0.15, -0.1) is 0 Å². The van der Waals surface area contributed by atoms with Gasteiger partial charge in [-0.1, -0.05) is 0 Å². The van der Waals surface area contributed by atoms with Crippen LogP contribution in [-0.2, 0) is 19.6 Å². The van der Waals surface area contributed by atoms with E-state index in [1.165, 1.54) is 4.31 Å². The largest absolute Gasteiger partial charge is 0.481 e. The minimum Gasteiger partial charge on any atom is -0.481 e. The summed E-state index contributed by atoms with van der Waals surface area (Å²) in [5.74, 6) is -0.978. The quantitative estimate of drug-likeness (QED) is 0.754. The van der Waals surface area contributed by atoms with Crippen LogP contribution in [0.4, 0.5) is 0 Å². The number of rotatable bonds is 4. The summed E-state index contributed by atoms with van der Waals surface area (Å²) in [4.78, 5) is 10.5. The van der Waals surface area contributed by atoms with E-state index in [-0.39, 0.29) is 19.6 Å². The monoisotopic (exact) mass is 251 g/mol. The highest BCUT2D eigenvalue weighted by Crippen LogP contribution is 2.15. The number of aliphatic carboxylic acids is 1. The van der Waals surface area contributed by atoms with E-state index >= 15 is 0 Å². The first-order chi connectivity index (χ1) is 7.34. The number of nitrogens with zero attached hydrogens (tertiary/aromatic N) is 1. The van der Waals surface area contributed by atoms with Gasteiger partial charge < -0.3 is 9.84 Å². The highest BCUT2D eigenvalue weighted by atomic mass is 32.2. The number of sulfonamides is 1. The van der Waals surface area contributed by atoms with Crippen molar-refractivity contribution in [1.29, 1.82) is 0 Å². The number of carboxylic acids is 1. The summed E-state index contributed by atoms with van der Waals surface area (Å²) in [7, 11) is -3.31. The Bertz CT molecular complexity index is 351. The highest BCUT2D eigenvalue weighted by Gasteiger charge is 2.32. The Labute approximate surface area is 95.2 Å². The highest BCUT2D eigenvalue weighted by molar-refractivity contribution is 7.89. The summed E-state index contributed by atoms with van der Waals surface area (Å²) in [6.07, 6.45) is -0.704. The van der Waals surface area contributed by atoms with Gasteiger partial charge in [0.1, 0.15) is 0 Å². The van der Waals surface area contributed by atoms with Crippen molar-refractivity contribution in [2.75, 3.05) is 19.7 Å². The number of morpholine rings is 1. The van der Waals surface area contributed by atoms with Gasteiger partial charge in [0.25, 0.3) is 0 Å². The van der Waals surface area contributed by atoms with E-state index in [0.29, 0.717) is 6.54 Å². The lowest BCUT2D eigenvalue weighted by molar-refractivity contribution is -0.141. The summed E-state index contributed by atoms with van der Waals surface area (Å²) >= 11 is 0. The third-order valence-corrected chi connectivity index (χ3v) is 4.70. The van der Waals surface area contributed by atoms with Gasteiger partial charge in [-0.2, -0.15) is 4.31 Å². The number of carboxylic acid groups (broad SMARTS) is 1. The molecule has 0 aliphatic carbocycles. The Morgan fingerprint density at radius 1 is 1.56 bits per heavy atom. The van der Waals surface area contributed by atoms with Crippen LogP contribution >= 0.6 is 0 Å². The fourth-order valence-corrected chi connectivity index (χ4v) is 2.84. The molecule has 0 radical (unpaired) electrons. The normalized spacial score (nSPS) is 23.6. The first-order valence-corrected chi connectivity index (χ1v) is 6.66. The Hall–Kier alpha value is -0.660.